The van der Waals surface area contributed by atoms with Crippen LogP contribution >= 0.6 is 15.9 Å². The molecule has 0 radical (unpaired) electrons. The van der Waals surface area contributed by atoms with Crippen LogP contribution in [0, 0.1) is 0 Å². The van der Waals surface area contributed by atoms with Crippen LogP contribution in [0.25, 0.3) is 0 Å². The van der Waals surface area contributed by atoms with Gasteiger partial charge in [0, 0.05) is 15.8 Å². The highest BCUT2D eigenvalue weighted by atomic mass is 79.9. The van der Waals surface area contributed by atoms with Crippen LogP contribution in [0.4, 0.5) is 11.4 Å². The number of hydrogen-bond donors (Lipinski definition) is 2. The third-order valence-corrected chi connectivity index (χ3v) is 3.80. The van der Waals surface area contributed by atoms with Gasteiger partial charge in [-0.15, -0.1) is 0 Å². The summed E-state index contributed by atoms with van der Waals surface area (Å²) in [6.45, 7) is 0. The molecule has 1 heterocycles. The summed E-state index contributed by atoms with van der Waals surface area (Å²) in [6.07, 6.45) is 0.355. The Morgan fingerprint density at radius 2 is 2.00 bits per heavy atom. The molecule has 0 unspecified atom stereocenters. The van der Waals surface area contributed by atoms with Crippen molar-refractivity contribution in [3.8, 4) is 0 Å². The Balaban J connectivity index is 1.82. The first-order valence-corrected chi connectivity index (χ1v) is 6.91. The number of carbonyl (C=O) groups is 2. The number of halogens is 1. The second-order valence-electron chi connectivity index (χ2n) is 4.53. The largest absolute Gasteiger partial charge is 0.326 e. The molecule has 0 spiro atoms. The summed E-state index contributed by atoms with van der Waals surface area (Å²) >= 11 is 3.35. The molecular formula is C15H11BrN2O2. The third-order valence-electron chi connectivity index (χ3n) is 3.11. The van der Waals surface area contributed by atoms with Crippen molar-refractivity contribution in [2.45, 2.75) is 6.42 Å². The fraction of sp³-hybridized carbons (Fsp3) is 0.0667. The lowest BCUT2D eigenvalue weighted by Gasteiger charge is -2.08. The van der Waals surface area contributed by atoms with Gasteiger partial charge in [0.1, 0.15) is 0 Å². The third kappa shape index (κ3) is 2.44. The van der Waals surface area contributed by atoms with Gasteiger partial charge in [-0.25, -0.2) is 0 Å². The number of fused-ring (bicyclic) bond motifs is 1. The normalized spacial score (nSPS) is 12.8. The van der Waals surface area contributed by atoms with Gasteiger partial charge in [0.25, 0.3) is 5.91 Å². The van der Waals surface area contributed by atoms with Crippen molar-refractivity contribution in [2.24, 2.45) is 0 Å². The first kappa shape index (κ1) is 12.9. The van der Waals surface area contributed by atoms with E-state index in [0.29, 0.717) is 17.7 Å². The zero-order chi connectivity index (χ0) is 14.1. The summed E-state index contributed by atoms with van der Waals surface area (Å²) in [4.78, 5) is 23.5. The van der Waals surface area contributed by atoms with E-state index < -0.39 is 0 Å². The lowest BCUT2D eigenvalue weighted by Crippen LogP contribution is -2.12. The smallest absolute Gasteiger partial charge is 0.256 e. The van der Waals surface area contributed by atoms with Crippen LogP contribution in [0.2, 0.25) is 0 Å². The van der Waals surface area contributed by atoms with Crippen LogP contribution in [0.3, 0.4) is 0 Å². The molecule has 0 bridgehead atoms. The van der Waals surface area contributed by atoms with Gasteiger partial charge in [0.2, 0.25) is 5.91 Å². The zero-order valence-corrected chi connectivity index (χ0v) is 12.0. The summed E-state index contributed by atoms with van der Waals surface area (Å²) in [5.41, 5.74) is 2.97. The van der Waals surface area contributed by atoms with Gasteiger partial charge in [0.15, 0.2) is 0 Å². The van der Waals surface area contributed by atoms with E-state index in [1.54, 1.807) is 18.2 Å². The molecule has 0 saturated carbocycles. The van der Waals surface area contributed by atoms with Gasteiger partial charge in [-0.3, -0.25) is 9.59 Å². The van der Waals surface area contributed by atoms with Crippen LogP contribution in [-0.4, -0.2) is 11.8 Å². The van der Waals surface area contributed by atoms with Crippen molar-refractivity contribution in [1.29, 1.82) is 0 Å². The maximum atomic E-state index is 12.2. The minimum Gasteiger partial charge on any atom is -0.326 e. The predicted octanol–water partition coefficient (Wildman–Crippen LogP) is 3.20. The Kier molecular flexibility index (Phi) is 3.28. The topological polar surface area (TPSA) is 58.2 Å². The molecule has 0 aromatic heterocycles. The van der Waals surface area contributed by atoms with Crippen molar-refractivity contribution in [2.75, 3.05) is 10.6 Å². The van der Waals surface area contributed by atoms with Crippen molar-refractivity contribution >= 4 is 39.1 Å². The van der Waals surface area contributed by atoms with Crippen molar-refractivity contribution in [3.63, 3.8) is 0 Å². The summed E-state index contributed by atoms with van der Waals surface area (Å²) in [7, 11) is 0. The first-order valence-electron chi connectivity index (χ1n) is 6.12. The molecule has 5 heteroatoms. The van der Waals surface area contributed by atoms with E-state index >= 15 is 0 Å². The summed E-state index contributed by atoms with van der Waals surface area (Å²) in [5, 5.41) is 5.60. The van der Waals surface area contributed by atoms with E-state index in [1.807, 2.05) is 24.3 Å². The molecule has 3 rings (SSSR count). The SMILES string of the molecule is O=C1Cc2cc(NC(=O)c3ccccc3Br)ccc2N1. The van der Waals surface area contributed by atoms with Gasteiger partial charge in [-0.05, 0) is 51.8 Å². The lowest BCUT2D eigenvalue weighted by atomic mass is 10.1. The quantitative estimate of drug-likeness (QED) is 0.888. The number of rotatable bonds is 2. The Bertz CT molecular complexity index is 713. The minimum absolute atomic E-state index is 0.0192. The second-order valence-corrected chi connectivity index (χ2v) is 5.39. The van der Waals surface area contributed by atoms with Gasteiger partial charge < -0.3 is 10.6 Å². The second kappa shape index (κ2) is 5.09. The number of carbonyl (C=O) groups excluding carboxylic acids is 2. The Hall–Kier alpha value is -2.14. The molecule has 20 heavy (non-hydrogen) atoms. The van der Waals surface area contributed by atoms with E-state index in [9.17, 15) is 9.59 Å². The molecule has 2 aromatic carbocycles. The number of nitrogens with one attached hydrogen (secondary N) is 2. The highest BCUT2D eigenvalue weighted by Gasteiger charge is 2.18. The summed E-state index contributed by atoms with van der Waals surface area (Å²) in [6, 6.07) is 12.6. The highest BCUT2D eigenvalue weighted by Crippen LogP contribution is 2.26. The molecular weight excluding hydrogens is 320 g/mol. The Morgan fingerprint density at radius 1 is 1.20 bits per heavy atom. The van der Waals surface area contributed by atoms with E-state index in [0.717, 1.165) is 15.7 Å². The molecule has 0 fully saturated rings. The molecule has 4 nitrogen and oxygen atoms in total. The summed E-state index contributed by atoms with van der Waals surface area (Å²) in [5.74, 6) is -0.205. The standard InChI is InChI=1S/C15H11BrN2O2/c16-12-4-2-1-3-11(12)15(20)17-10-5-6-13-9(7-10)8-14(19)18-13/h1-7H,8H2,(H,17,20)(H,18,19). The number of benzene rings is 2. The molecule has 1 aliphatic rings. The van der Waals surface area contributed by atoms with Crippen LogP contribution < -0.4 is 10.6 Å². The van der Waals surface area contributed by atoms with E-state index in [4.69, 9.17) is 0 Å². The monoisotopic (exact) mass is 330 g/mol. The van der Waals surface area contributed by atoms with Gasteiger partial charge >= 0.3 is 0 Å². The molecule has 2 N–H and O–H groups in total. The van der Waals surface area contributed by atoms with Crippen molar-refractivity contribution in [3.05, 3.63) is 58.1 Å². The maximum absolute atomic E-state index is 12.2. The number of amides is 2. The van der Waals surface area contributed by atoms with E-state index in [2.05, 4.69) is 26.6 Å². The van der Waals surface area contributed by atoms with Crippen molar-refractivity contribution < 1.29 is 9.59 Å². The minimum atomic E-state index is -0.185. The fourth-order valence-corrected chi connectivity index (χ4v) is 2.62. The number of hydrogen-bond acceptors (Lipinski definition) is 2. The maximum Gasteiger partial charge on any atom is 0.256 e. The molecule has 1 aliphatic heterocycles. The Labute approximate surface area is 124 Å². The zero-order valence-electron chi connectivity index (χ0n) is 10.4. The molecule has 0 saturated heterocycles. The molecule has 100 valence electrons. The first-order chi connectivity index (χ1) is 9.63. The average Bonchev–Trinajstić information content (AvgIpc) is 2.78. The molecule has 2 amide bonds. The number of anilines is 2. The van der Waals surface area contributed by atoms with Gasteiger partial charge in [-0.1, -0.05) is 12.1 Å². The lowest BCUT2D eigenvalue weighted by molar-refractivity contribution is -0.115. The van der Waals surface area contributed by atoms with Crippen molar-refractivity contribution in [1.82, 2.24) is 0 Å². The molecule has 0 atom stereocenters. The molecule has 0 aliphatic carbocycles. The van der Waals surface area contributed by atoms with Gasteiger partial charge in [-0.2, -0.15) is 0 Å². The fourth-order valence-electron chi connectivity index (χ4n) is 2.15. The van der Waals surface area contributed by atoms with E-state index in [1.165, 1.54) is 0 Å². The molecule has 2 aromatic rings. The highest BCUT2D eigenvalue weighted by molar-refractivity contribution is 9.10. The van der Waals surface area contributed by atoms with Gasteiger partial charge in [0.05, 0.1) is 12.0 Å². The van der Waals surface area contributed by atoms with Crippen LogP contribution in [0.1, 0.15) is 15.9 Å². The van der Waals surface area contributed by atoms with E-state index in [-0.39, 0.29) is 11.8 Å². The van der Waals surface area contributed by atoms with Crippen LogP contribution in [0.15, 0.2) is 46.9 Å². The Morgan fingerprint density at radius 3 is 2.80 bits per heavy atom. The van der Waals surface area contributed by atoms with Crippen LogP contribution in [0.5, 0.6) is 0 Å². The average molecular weight is 331 g/mol. The van der Waals surface area contributed by atoms with Crippen LogP contribution in [-0.2, 0) is 11.2 Å². The predicted molar refractivity (Wildman–Crippen MR) is 80.9 cm³/mol. The summed E-state index contributed by atoms with van der Waals surface area (Å²) < 4.78 is 0.746.